The Morgan fingerprint density at radius 2 is 1.93 bits per heavy atom. The lowest BCUT2D eigenvalue weighted by Gasteiger charge is -2.07. The molecule has 3 heterocycles. The van der Waals surface area contributed by atoms with Crippen LogP contribution in [0.4, 0.5) is 13.2 Å². The van der Waals surface area contributed by atoms with E-state index in [9.17, 15) is 18.0 Å². The molecule has 0 aliphatic carbocycles. The average Bonchev–Trinajstić information content (AvgIpc) is 3.15. The van der Waals surface area contributed by atoms with Gasteiger partial charge in [-0.1, -0.05) is 0 Å². The number of nitrogens with one attached hydrogen (secondary N) is 1. The predicted molar refractivity (Wildman–Crippen MR) is 91.4 cm³/mol. The highest BCUT2D eigenvalue weighted by Crippen LogP contribution is 2.28. The number of amides is 1. The monoisotopic (exact) mass is 380 g/mol. The normalized spacial score (nSPS) is 11.9. The van der Waals surface area contributed by atoms with Gasteiger partial charge in [0.1, 0.15) is 5.56 Å². The second-order valence-corrected chi connectivity index (χ2v) is 6.33. The van der Waals surface area contributed by atoms with Crippen molar-refractivity contribution in [2.45, 2.75) is 39.9 Å². The summed E-state index contributed by atoms with van der Waals surface area (Å²) in [5.74, 6) is -0.323. The number of aryl methyl sites for hydroxylation is 4. The summed E-state index contributed by atoms with van der Waals surface area (Å²) in [4.78, 5) is 16.7. The molecule has 0 atom stereocenters. The zero-order valence-electron chi connectivity index (χ0n) is 15.1. The number of carbonyl (C=O) groups excluding carboxylic acids is 1. The second kappa shape index (κ2) is 7.01. The quantitative estimate of drug-likeness (QED) is 0.691. The maximum absolute atomic E-state index is 12.7. The maximum atomic E-state index is 12.7. The van der Waals surface area contributed by atoms with Crippen LogP contribution in [0.1, 0.15) is 39.6 Å². The van der Waals surface area contributed by atoms with Gasteiger partial charge >= 0.3 is 6.18 Å². The lowest BCUT2D eigenvalue weighted by Crippen LogP contribution is -2.25. The summed E-state index contributed by atoms with van der Waals surface area (Å²) < 4.78 is 40.9. The van der Waals surface area contributed by atoms with Crippen molar-refractivity contribution in [2.24, 2.45) is 0 Å². The van der Waals surface area contributed by atoms with Gasteiger partial charge in [-0.25, -0.2) is 9.50 Å². The summed E-state index contributed by atoms with van der Waals surface area (Å²) in [6.07, 6.45) is -2.56. The van der Waals surface area contributed by atoms with Crippen LogP contribution in [0.5, 0.6) is 0 Å². The first-order valence-corrected chi connectivity index (χ1v) is 8.38. The summed E-state index contributed by atoms with van der Waals surface area (Å²) in [5, 5.41) is 10.5. The predicted octanol–water partition coefficient (Wildman–Crippen LogP) is 2.69. The van der Waals surface area contributed by atoms with Crippen molar-refractivity contribution in [3.05, 3.63) is 46.7 Å². The van der Waals surface area contributed by atoms with Gasteiger partial charge in [0.2, 0.25) is 0 Å². The number of nitrogens with zero attached hydrogens (tertiary/aromatic N) is 5. The molecule has 10 heteroatoms. The summed E-state index contributed by atoms with van der Waals surface area (Å²) in [7, 11) is 0. The van der Waals surface area contributed by atoms with Crippen molar-refractivity contribution < 1.29 is 18.0 Å². The molecule has 0 aromatic carbocycles. The van der Waals surface area contributed by atoms with E-state index in [-0.39, 0.29) is 12.5 Å². The fourth-order valence-electron chi connectivity index (χ4n) is 2.83. The Kier molecular flexibility index (Phi) is 4.90. The standard InChI is InChI=1S/C17H19F3N6O/c1-10-7-12(3)26-15(23-10)13(9-22-26)16(27)21-5-4-6-25-11(2)8-14(24-25)17(18,19)20/h7-9H,4-6H2,1-3H3,(H,21,27). The van der Waals surface area contributed by atoms with E-state index in [1.54, 1.807) is 11.4 Å². The highest BCUT2D eigenvalue weighted by molar-refractivity contribution is 5.99. The van der Waals surface area contributed by atoms with Gasteiger partial charge in [0.25, 0.3) is 5.91 Å². The average molecular weight is 380 g/mol. The molecule has 144 valence electrons. The third kappa shape index (κ3) is 3.93. The Labute approximate surface area is 153 Å². The van der Waals surface area contributed by atoms with Crippen molar-refractivity contribution in [3.63, 3.8) is 0 Å². The van der Waals surface area contributed by atoms with Crippen LogP contribution in [0.15, 0.2) is 18.3 Å². The van der Waals surface area contributed by atoms with Crippen LogP contribution >= 0.6 is 0 Å². The minimum atomic E-state index is -4.46. The Bertz CT molecular complexity index is 989. The van der Waals surface area contributed by atoms with E-state index in [1.165, 1.54) is 10.9 Å². The Hall–Kier alpha value is -2.91. The number of fused-ring (bicyclic) bond motifs is 1. The first-order valence-electron chi connectivity index (χ1n) is 8.38. The first-order chi connectivity index (χ1) is 12.7. The maximum Gasteiger partial charge on any atom is 0.435 e. The molecule has 0 saturated heterocycles. The van der Waals surface area contributed by atoms with E-state index in [2.05, 4.69) is 20.5 Å². The van der Waals surface area contributed by atoms with Gasteiger partial charge in [-0.15, -0.1) is 0 Å². The summed E-state index contributed by atoms with van der Waals surface area (Å²) in [5.41, 5.74) is 1.99. The Morgan fingerprint density at radius 3 is 2.59 bits per heavy atom. The SMILES string of the molecule is Cc1cc(C)n2ncc(C(=O)NCCCn3nc(C(F)(F)F)cc3C)c2n1. The smallest absolute Gasteiger partial charge is 0.352 e. The fourth-order valence-corrected chi connectivity index (χ4v) is 2.83. The van der Waals surface area contributed by atoms with Gasteiger partial charge in [-0.2, -0.15) is 23.4 Å². The van der Waals surface area contributed by atoms with Gasteiger partial charge < -0.3 is 5.32 Å². The largest absolute Gasteiger partial charge is 0.435 e. The molecule has 27 heavy (non-hydrogen) atoms. The van der Waals surface area contributed by atoms with Crippen LogP contribution in [-0.4, -0.2) is 36.8 Å². The third-order valence-electron chi connectivity index (χ3n) is 4.13. The van der Waals surface area contributed by atoms with Gasteiger partial charge in [0.15, 0.2) is 11.3 Å². The number of aromatic nitrogens is 5. The highest BCUT2D eigenvalue weighted by atomic mass is 19.4. The van der Waals surface area contributed by atoms with Crippen molar-refractivity contribution in [2.75, 3.05) is 6.54 Å². The zero-order valence-corrected chi connectivity index (χ0v) is 15.1. The van der Waals surface area contributed by atoms with Crippen LogP contribution in [-0.2, 0) is 12.7 Å². The van der Waals surface area contributed by atoms with Crippen LogP contribution in [0.3, 0.4) is 0 Å². The van der Waals surface area contributed by atoms with Crippen molar-refractivity contribution in [1.82, 2.24) is 29.7 Å². The van der Waals surface area contributed by atoms with Crippen LogP contribution in [0, 0.1) is 20.8 Å². The number of hydrogen-bond acceptors (Lipinski definition) is 4. The summed E-state index contributed by atoms with van der Waals surface area (Å²) in [6.45, 7) is 5.84. The molecule has 0 spiro atoms. The van der Waals surface area contributed by atoms with Gasteiger partial charge in [-0.3, -0.25) is 9.48 Å². The molecule has 0 aliphatic heterocycles. The molecule has 3 rings (SSSR count). The number of rotatable bonds is 5. The van der Waals surface area contributed by atoms with Gasteiger partial charge in [-0.05, 0) is 39.3 Å². The van der Waals surface area contributed by atoms with E-state index >= 15 is 0 Å². The molecule has 0 aliphatic rings. The van der Waals surface area contributed by atoms with E-state index < -0.39 is 11.9 Å². The number of halogens is 3. The topological polar surface area (TPSA) is 77.1 Å². The fraction of sp³-hybridized carbons (Fsp3) is 0.412. The van der Waals surface area contributed by atoms with E-state index in [0.717, 1.165) is 17.5 Å². The zero-order chi connectivity index (χ0) is 19.8. The van der Waals surface area contributed by atoms with Crippen LogP contribution in [0.25, 0.3) is 5.65 Å². The van der Waals surface area contributed by atoms with Crippen LogP contribution < -0.4 is 5.32 Å². The lowest BCUT2D eigenvalue weighted by molar-refractivity contribution is -0.141. The van der Waals surface area contributed by atoms with Crippen LogP contribution in [0.2, 0.25) is 0 Å². The lowest BCUT2D eigenvalue weighted by atomic mass is 10.3. The van der Waals surface area contributed by atoms with Crippen molar-refractivity contribution >= 4 is 11.6 Å². The van der Waals surface area contributed by atoms with Crippen molar-refractivity contribution in [1.29, 1.82) is 0 Å². The molecule has 7 nitrogen and oxygen atoms in total. The minimum Gasteiger partial charge on any atom is -0.352 e. The molecule has 0 unspecified atom stereocenters. The highest BCUT2D eigenvalue weighted by Gasteiger charge is 2.34. The molecule has 3 aromatic rings. The molecule has 3 aromatic heterocycles. The first kappa shape index (κ1) is 18.9. The van der Waals surface area contributed by atoms with E-state index in [1.807, 2.05) is 19.9 Å². The van der Waals surface area contributed by atoms with E-state index in [0.29, 0.717) is 29.9 Å². The molecule has 1 N–H and O–H groups in total. The molecule has 0 fully saturated rings. The number of alkyl halides is 3. The molecule has 0 radical (unpaired) electrons. The molecule has 0 saturated carbocycles. The molecule has 1 amide bonds. The molecule has 0 bridgehead atoms. The summed E-state index contributed by atoms with van der Waals surface area (Å²) >= 11 is 0. The third-order valence-corrected chi connectivity index (χ3v) is 4.13. The van der Waals surface area contributed by atoms with E-state index in [4.69, 9.17) is 0 Å². The number of hydrogen-bond donors (Lipinski definition) is 1. The van der Waals surface area contributed by atoms with Crippen molar-refractivity contribution in [3.8, 4) is 0 Å². The summed E-state index contributed by atoms with van der Waals surface area (Å²) in [6, 6.07) is 2.87. The number of carbonyl (C=O) groups is 1. The van der Waals surface area contributed by atoms with Gasteiger partial charge in [0, 0.05) is 30.2 Å². The Balaban J connectivity index is 1.60. The molecular weight excluding hydrogens is 361 g/mol. The minimum absolute atomic E-state index is 0.271. The molecular formula is C17H19F3N6O. The Morgan fingerprint density at radius 1 is 1.19 bits per heavy atom. The van der Waals surface area contributed by atoms with Gasteiger partial charge in [0.05, 0.1) is 6.20 Å². The second-order valence-electron chi connectivity index (χ2n) is 6.33.